The van der Waals surface area contributed by atoms with Crippen molar-refractivity contribution in [3.8, 4) is 5.75 Å². The Hall–Kier alpha value is -2.30. The number of rotatable bonds is 7. The molecule has 0 bridgehead atoms. The highest BCUT2D eigenvalue weighted by Gasteiger charge is 2.10. The Morgan fingerprint density at radius 3 is 2.00 bits per heavy atom. The van der Waals surface area contributed by atoms with Crippen LogP contribution >= 0.6 is 11.9 Å². The third kappa shape index (κ3) is 5.34. The molecule has 0 aromatic heterocycles. The van der Waals surface area contributed by atoms with Crippen LogP contribution in [0.25, 0.3) is 0 Å². The molecule has 3 rings (SSSR count). The first-order chi connectivity index (χ1) is 12.2. The second kappa shape index (κ2) is 8.70. The molecule has 0 N–H and O–H groups in total. The van der Waals surface area contributed by atoms with Gasteiger partial charge in [-0.2, -0.15) is 0 Å². The largest absolute Gasteiger partial charge is 0.497 e. The lowest BCUT2D eigenvalue weighted by Gasteiger charge is -2.21. The van der Waals surface area contributed by atoms with E-state index in [2.05, 4.69) is 16.4 Å². The smallest absolute Gasteiger partial charge is 0.123 e. The van der Waals surface area contributed by atoms with E-state index in [9.17, 15) is 4.39 Å². The van der Waals surface area contributed by atoms with Gasteiger partial charge in [-0.15, -0.1) is 0 Å². The minimum absolute atomic E-state index is 0.207. The van der Waals surface area contributed by atoms with E-state index in [1.807, 2.05) is 54.6 Å². The maximum atomic E-state index is 13.2. The quantitative estimate of drug-likeness (QED) is 0.517. The molecule has 0 aliphatic carbocycles. The molecule has 0 unspecified atom stereocenters. The lowest BCUT2D eigenvalue weighted by molar-refractivity contribution is 0.414. The van der Waals surface area contributed by atoms with Gasteiger partial charge in [-0.3, -0.25) is 0 Å². The van der Waals surface area contributed by atoms with Gasteiger partial charge < -0.3 is 4.74 Å². The van der Waals surface area contributed by atoms with Gasteiger partial charge in [-0.25, -0.2) is 8.70 Å². The zero-order valence-electron chi connectivity index (χ0n) is 14.1. The minimum Gasteiger partial charge on any atom is -0.497 e. The van der Waals surface area contributed by atoms with E-state index in [4.69, 9.17) is 4.74 Å². The van der Waals surface area contributed by atoms with Crippen LogP contribution in [-0.4, -0.2) is 11.4 Å². The Kier molecular flexibility index (Phi) is 6.09. The lowest BCUT2D eigenvalue weighted by Crippen LogP contribution is -2.14. The third-order valence-corrected chi connectivity index (χ3v) is 4.77. The van der Waals surface area contributed by atoms with Gasteiger partial charge in [0.2, 0.25) is 0 Å². The van der Waals surface area contributed by atoms with Crippen molar-refractivity contribution >= 4 is 11.9 Å². The highest BCUT2D eigenvalue weighted by Crippen LogP contribution is 2.28. The fourth-order valence-corrected chi connectivity index (χ4v) is 3.47. The molecule has 0 spiro atoms. The Balaban J connectivity index is 1.76. The summed E-state index contributed by atoms with van der Waals surface area (Å²) in [6.07, 6.45) is 0. The lowest BCUT2D eigenvalue weighted by atomic mass is 10.2. The van der Waals surface area contributed by atoms with E-state index < -0.39 is 0 Å². The second-order valence-electron chi connectivity index (χ2n) is 5.68. The van der Waals surface area contributed by atoms with Crippen LogP contribution in [0.4, 0.5) is 4.39 Å². The zero-order chi connectivity index (χ0) is 17.5. The standard InChI is InChI=1S/C21H20FNOS/c1-24-20-11-13-21(14-12-20)25-23(15-17-5-3-2-4-6-17)16-18-7-9-19(22)10-8-18/h2-14H,15-16H2,1H3. The Bertz CT molecular complexity index is 775. The summed E-state index contributed by atoms with van der Waals surface area (Å²) >= 11 is 1.69. The number of benzene rings is 3. The van der Waals surface area contributed by atoms with Gasteiger partial charge in [-0.05, 0) is 59.5 Å². The second-order valence-corrected chi connectivity index (χ2v) is 6.85. The van der Waals surface area contributed by atoms with Gasteiger partial charge in [0.1, 0.15) is 11.6 Å². The SMILES string of the molecule is COc1ccc(SN(Cc2ccccc2)Cc2ccc(F)cc2)cc1. The molecule has 0 saturated carbocycles. The monoisotopic (exact) mass is 353 g/mol. The molecule has 0 aliphatic rings. The highest BCUT2D eigenvalue weighted by molar-refractivity contribution is 7.97. The maximum absolute atomic E-state index is 13.2. The van der Waals surface area contributed by atoms with Crippen LogP contribution in [-0.2, 0) is 13.1 Å². The fraction of sp³-hybridized carbons (Fsp3) is 0.143. The molecule has 4 heteroatoms. The van der Waals surface area contributed by atoms with Crippen LogP contribution in [0.15, 0.2) is 83.8 Å². The molecule has 0 amide bonds. The molecule has 128 valence electrons. The summed E-state index contributed by atoms with van der Waals surface area (Å²) in [7, 11) is 1.67. The molecule has 0 heterocycles. The first-order valence-corrected chi connectivity index (χ1v) is 8.85. The minimum atomic E-state index is -0.207. The number of hydrogen-bond donors (Lipinski definition) is 0. The average molecular weight is 353 g/mol. The van der Waals surface area contributed by atoms with E-state index in [1.54, 1.807) is 19.1 Å². The van der Waals surface area contributed by atoms with Gasteiger partial charge in [0.05, 0.1) is 7.11 Å². The number of methoxy groups -OCH3 is 1. The van der Waals surface area contributed by atoms with Gasteiger partial charge in [0.15, 0.2) is 0 Å². The van der Waals surface area contributed by atoms with Gasteiger partial charge in [0, 0.05) is 18.0 Å². The summed E-state index contributed by atoms with van der Waals surface area (Å²) in [4.78, 5) is 1.14. The molecule has 0 radical (unpaired) electrons. The molecule has 3 aromatic rings. The van der Waals surface area contributed by atoms with Crippen molar-refractivity contribution in [2.75, 3.05) is 7.11 Å². The first-order valence-electron chi connectivity index (χ1n) is 8.08. The number of ether oxygens (including phenoxy) is 1. The molecule has 0 fully saturated rings. The summed E-state index contributed by atoms with van der Waals surface area (Å²) < 4.78 is 20.6. The van der Waals surface area contributed by atoms with Crippen molar-refractivity contribution in [2.45, 2.75) is 18.0 Å². The molecule has 25 heavy (non-hydrogen) atoms. The summed E-state index contributed by atoms with van der Waals surface area (Å²) in [6.45, 7) is 1.53. The molecular weight excluding hydrogens is 333 g/mol. The van der Waals surface area contributed by atoms with E-state index in [0.29, 0.717) is 0 Å². The highest BCUT2D eigenvalue weighted by atomic mass is 32.2. The average Bonchev–Trinajstić information content (AvgIpc) is 2.65. The van der Waals surface area contributed by atoms with E-state index in [-0.39, 0.29) is 5.82 Å². The Morgan fingerprint density at radius 1 is 0.800 bits per heavy atom. The molecule has 3 aromatic carbocycles. The van der Waals surface area contributed by atoms with Gasteiger partial charge in [0.25, 0.3) is 0 Å². The summed E-state index contributed by atoms with van der Waals surface area (Å²) in [5, 5.41) is 0. The van der Waals surface area contributed by atoms with Crippen LogP contribution in [0.1, 0.15) is 11.1 Å². The predicted molar refractivity (Wildman–Crippen MR) is 101 cm³/mol. The zero-order valence-corrected chi connectivity index (χ0v) is 14.9. The summed E-state index contributed by atoms with van der Waals surface area (Å²) in [5.41, 5.74) is 2.32. The molecular formula is C21H20FNOS. The van der Waals surface area contributed by atoms with Crippen molar-refractivity contribution in [3.63, 3.8) is 0 Å². The summed E-state index contributed by atoms with van der Waals surface area (Å²) in [6, 6.07) is 25.0. The van der Waals surface area contributed by atoms with Crippen molar-refractivity contribution in [3.05, 3.63) is 95.8 Å². The van der Waals surface area contributed by atoms with E-state index in [0.717, 1.165) is 29.3 Å². The first kappa shape index (κ1) is 17.5. The topological polar surface area (TPSA) is 12.5 Å². The van der Waals surface area contributed by atoms with Crippen LogP contribution in [0, 0.1) is 5.82 Å². The van der Waals surface area contributed by atoms with Crippen molar-refractivity contribution in [1.82, 2.24) is 4.31 Å². The van der Waals surface area contributed by atoms with E-state index in [1.165, 1.54) is 17.7 Å². The Labute approximate surface area is 152 Å². The molecule has 0 atom stereocenters. The number of hydrogen-bond acceptors (Lipinski definition) is 3. The van der Waals surface area contributed by atoms with Crippen molar-refractivity contribution in [1.29, 1.82) is 0 Å². The van der Waals surface area contributed by atoms with Crippen LogP contribution in [0.5, 0.6) is 5.75 Å². The number of nitrogens with zero attached hydrogens (tertiary/aromatic N) is 1. The van der Waals surface area contributed by atoms with Crippen LogP contribution in [0.2, 0.25) is 0 Å². The van der Waals surface area contributed by atoms with E-state index >= 15 is 0 Å². The number of halogens is 1. The normalized spacial score (nSPS) is 10.8. The van der Waals surface area contributed by atoms with Crippen LogP contribution in [0.3, 0.4) is 0 Å². The van der Waals surface area contributed by atoms with Gasteiger partial charge in [-0.1, -0.05) is 42.5 Å². The predicted octanol–water partition coefficient (Wildman–Crippen LogP) is 5.54. The van der Waals surface area contributed by atoms with Crippen molar-refractivity contribution in [2.24, 2.45) is 0 Å². The Morgan fingerprint density at radius 2 is 1.40 bits per heavy atom. The molecule has 0 aliphatic heterocycles. The maximum Gasteiger partial charge on any atom is 0.123 e. The molecule has 0 saturated heterocycles. The van der Waals surface area contributed by atoms with Crippen molar-refractivity contribution < 1.29 is 9.13 Å². The third-order valence-electron chi connectivity index (χ3n) is 3.77. The molecule has 2 nitrogen and oxygen atoms in total. The fourth-order valence-electron chi connectivity index (χ4n) is 2.49. The summed E-state index contributed by atoms with van der Waals surface area (Å²) in [5.74, 6) is 0.638. The van der Waals surface area contributed by atoms with Gasteiger partial charge >= 0.3 is 0 Å². The van der Waals surface area contributed by atoms with Crippen LogP contribution < -0.4 is 4.74 Å².